The molecule has 1 rings (SSSR count). The van der Waals surface area contributed by atoms with Gasteiger partial charge in [-0.25, -0.2) is 0 Å². The zero-order valence-electron chi connectivity index (χ0n) is 7.68. The van der Waals surface area contributed by atoms with Crippen LogP contribution in [0.25, 0.3) is 0 Å². The van der Waals surface area contributed by atoms with Crippen molar-refractivity contribution in [2.45, 2.75) is 0 Å². The molecule has 0 atom stereocenters. The molecule has 0 amide bonds. The third kappa shape index (κ3) is 4.03. The highest BCUT2D eigenvalue weighted by Gasteiger charge is 2.12. The van der Waals surface area contributed by atoms with Gasteiger partial charge in [-0.05, 0) is 28.1 Å². The van der Waals surface area contributed by atoms with Gasteiger partial charge in [0.25, 0.3) is 5.69 Å². The van der Waals surface area contributed by atoms with E-state index in [0.29, 0.717) is 23.4 Å². The summed E-state index contributed by atoms with van der Waals surface area (Å²) in [5.41, 5.74) is 5.22. The summed E-state index contributed by atoms with van der Waals surface area (Å²) >= 11 is 3.08. The first-order valence-corrected chi connectivity index (χ1v) is 4.71. The third-order valence-corrected chi connectivity index (χ3v) is 2.17. The highest BCUT2D eigenvalue weighted by molar-refractivity contribution is 9.10. The maximum atomic E-state index is 10.5. The number of nitrogens with zero attached hydrogens (tertiary/aromatic N) is 1. The third-order valence-electron chi connectivity index (χ3n) is 1.50. The van der Waals surface area contributed by atoms with Crippen LogP contribution >= 0.6 is 28.3 Å². The lowest BCUT2D eigenvalue weighted by atomic mass is 10.3. The molecule has 0 aliphatic heterocycles. The molecule has 0 spiro atoms. The van der Waals surface area contributed by atoms with Crippen molar-refractivity contribution in [1.82, 2.24) is 0 Å². The number of ether oxygens (including phenoxy) is 1. The number of nitro benzene ring substituents is 1. The average Bonchev–Trinajstić information content (AvgIpc) is 2.16. The van der Waals surface area contributed by atoms with E-state index < -0.39 is 4.92 Å². The molecule has 0 aromatic heterocycles. The van der Waals surface area contributed by atoms with Crippen LogP contribution in [-0.4, -0.2) is 18.1 Å². The van der Waals surface area contributed by atoms with Gasteiger partial charge in [-0.3, -0.25) is 10.1 Å². The summed E-state index contributed by atoms with van der Waals surface area (Å²) in [6.07, 6.45) is 0. The van der Waals surface area contributed by atoms with E-state index in [1.807, 2.05) is 0 Å². The normalized spacial score (nSPS) is 9.20. The van der Waals surface area contributed by atoms with Gasteiger partial charge in [0.2, 0.25) is 0 Å². The van der Waals surface area contributed by atoms with Gasteiger partial charge in [0.15, 0.2) is 0 Å². The second-order valence-corrected chi connectivity index (χ2v) is 3.36. The van der Waals surface area contributed by atoms with E-state index >= 15 is 0 Å². The molecule has 84 valence electrons. The number of nitrogens with two attached hydrogens (primary N) is 1. The summed E-state index contributed by atoms with van der Waals surface area (Å²) in [6, 6.07) is 4.58. The van der Waals surface area contributed by atoms with Gasteiger partial charge >= 0.3 is 0 Å². The van der Waals surface area contributed by atoms with Crippen LogP contribution in [0.4, 0.5) is 5.69 Å². The van der Waals surface area contributed by atoms with Gasteiger partial charge in [-0.1, -0.05) is 0 Å². The van der Waals surface area contributed by atoms with Crippen LogP contribution in [0.15, 0.2) is 22.7 Å². The molecule has 0 bridgehead atoms. The Morgan fingerprint density at radius 3 is 2.73 bits per heavy atom. The predicted molar refractivity (Wildman–Crippen MR) is 62.6 cm³/mol. The number of halogens is 2. The molecule has 7 heteroatoms. The van der Waals surface area contributed by atoms with Gasteiger partial charge < -0.3 is 10.5 Å². The van der Waals surface area contributed by atoms with Crippen molar-refractivity contribution in [1.29, 1.82) is 0 Å². The zero-order chi connectivity index (χ0) is 10.6. The minimum Gasteiger partial charge on any atom is -0.492 e. The average molecular weight is 298 g/mol. The lowest BCUT2D eigenvalue weighted by Gasteiger charge is -2.04. The van der Waals surface area contributed by atoms with E-state index in [9.17, 15) is 10.1 Å². The fraction of sp³-hybridized carbons (Fsp3) is 0.250. The Balaban J connectivity index is 0.00000196. The Morgan fingerprint density at radius 1 is 1.53 bits per heavy atom. The molecule has 5 nitrogen and oxygen atoms in total. The highest BCUT2D eigenvalue weighted by Crippen LogP contribution is 2.28. The van der Waals surface area contributed by atoms with Crippen LogP contribution in [0.2, 0.25) is 0 Å². The lowest BCUT2D eigenvalue weighted by Crippen LogP contribution is -2.10. The Morgan fingerprint density at radius 2 is 2.20 bits per heavy atom. The lowest BCUT2D eigenvalue weighted by molar-refractivity contribution is -0.385. The molecule has 0 saturated carbocycles. The number of hydrogen-bond donors (Lipinski definition) is 1. The molecule has 0 fully saturated rings. The monoisotopic (exact) mass is 296 g/mol. The zero-order valence-corrected chi connectivity index (χ0v) is 10.1. The molecule has 0 heterocycles. The number of benzene rings is 1. The summed E-state index contributed by atoms with van der Waals surface area (Å²) < 4.78 is 5.58. The summed E-state index contributed by atoms with van der Waals surface area (Å²) in [5, 5.41) is 10.5. The fourth-order valence-corrected chi connectivity index (χ4v) is 1.29. The van der Waals surface area contributed by atoms with Crippen molar-refractivity contribution in [2.75, 3.05) is 13.2 Å². The summed E-state index contributed by atoms with van der Waals surface area (Å²) in [4.78, 5) is 10.1. The number of hydrogen-bond acceptors (Lipinski definition) is 4. The van der Waals surface area contributed by atoms with Crippen LogP contribution in [0.5, 0.6) is 5.75 Å². The first-order valence-electron chi connectivity index (χ1n) is 3.92. The first kappa shape index (κ1) is 14.2. The molecule has 0 unspecified atom stereocenters. The standard InChI is InChI=1S/C8H9BrN2O3.ClH/c9-7-2-1-6(14-4-3-10)5-8(7)11(12)13;/h1-2,5H,3-4,10H2;1H. The molecule has 0 aliphatic carbocycles. The number of rotatable bonds is 4. The molecular formula is C8H10BrClN2O3. The predicted octanol–water partition coefficient (Wildman–Crippen LogP) is 2.12. The van der Waals surface area contributed by atoms with Crippen molar-refractivity contribution in [3.05, 3.63) is 32.8 Å². The van der Waals surface area contributed by atoms with Crippen LogP contribution in [0.3, 0.4) is 0 Å². The van der Waals surface area contributed by atoms with Crippen LogP contribution in [0, 0.1) is 10.1 Å². The molecular weight excluding hydrogens is 287 g/mol. The number of nitro groups is 1. The van der Waals surface area contributed by atoms with Crippen LogP contribution in [-0.2, 0) is 0 Å². The smallest absolute Gasteiger partial charge is 0.287 e. The Bertz CT molecular complexity index is 349. The molecule has 1 aromatic carbocycles. The van der Waals surface area contributed by atoms with E-state index in [1.165, 1.54) is 6.07 Å². The van der Waals surface area contributed by atoms with Gasteiger partial charge in [-0.15, -0.1) is 12.4 Å². The molecule has 0 radical (unpaired) electrons. The quantitative estimate of drug-likeness (QED) is 0.682. The Labute approximate surface area is 101 Å². The SMILES string of the molecule is Cl.NCCOc1ccc(Br)c([N+](=O)[O-])c1. The largest absolute Gasteiger partial charge is 0.492 e. The topological polar surface area (TPSA) is 78.4 Å². The van der Waals surface area contributed by atoms with Crippen LogP contribution < -0.4 is 10.5 Å². The van der Waals surface area contributed by atoms with Gasteiger partial charge in [-0.2, -0.15) is 0 Å². The maximum absolute atomic E-state index is 10.5. The van der Waals surface area contributed by atoms with Crippen molar-refractivity contribution in [3.63, 3.8) is 0 Å². The minimum absolute atomic E-state index is 0. The molecule has 0 aliphatic rings. The van der Waals surface area contributed by atoms with E-state index in [1.54, 1.807) is 12.1 Å². The Hall–Kier alpha value is -0.850. The summed E-state index contributed by atoms with van der Waals surface area (Å²) in [7, 11) is 0. The minimum atomic E-state index is -0.473. The Kier molecular flexibility index (Phi) is 6.23. The maximum Gasteiger partial charge on any atom is 0.287 e. The van der Waals surface area contributed by atoms with E-state index in [0.717, 1.165) is 0 Å². The van der Waals surface area contributed by atoms with Gasteiger partial charge in [0.1, 0.15) is 12.4 Å². The van der Waals surface area contributed by atoms with Crippen molar-refractivity contribution in [2.24, 2.45) is 5.73 Å². The molecule has 2 N–H and O–H groups in total. The van der Waals surface area contributed by atoms with E-state index in [-0.39, 0.29) is 18.1 Å². The molecule has 1 aromatic rings. The first-order chi connectivity index (χ1) is 6.65. The van der Waals surface area contributed by atoms with E-state index in [4.69, 9.17) is 10.5 Å². The molecule has 0 saturated heterocycles. The van der Waals surface area contributed by atoms with E-state index in [2.05, 4.69) is 15.9 Å². The summed E-state index contributed by atoms with van der Waals surface area (Å²) in [5.74, 6) is 0.449. The fourth-order valence-electron chi connectivity index (χ4n) is 0.899. The van der Waals surface area contributed by atoms with Crippen molar-refractivity contribution in [3.8, 4) is 5.75 Å². The van der Waals surface area contributed by atoms with Crippen molar-refractivity contribution < 1.29 is 9.66 Å². The van der Waals surface area contributed by atoms with Gasteiger partial charge in [0.05, 0.1) is 15.5 Å². The van der Waals surface area contributed by atoms with Crippen LogP contribution in [0.1, 0.15) is 0 Å². The van der Waals surface area contributed by atoms with Gasteiger partial charge in [0, 0.05) is 6.54 Å². The highest BCUT2D eigenvalue weighted by atomic mass is 79.9. The second kappa shape index (κ2) is 6.60. The molecule has 15 heavy (non-hydrogen) atoms. The summed E-state index contributed by atoms with van der Waals surface area (Å²) in [6.45, 7) is 0.725. The second-order valence-electron chi connectivity index (χ2n) is 2.51. The van der Waals surface area contributed by atoms with Crippen molar-refractivity contribution >= 4 is 34.0 Å².